The Balaban J connectivity index is 2.02. The number of benzene rings is 2. The second kappa shape index (κ2) is 7.15. The Labute approximate surface area is 141 Å². The summed E-state index contributed by atoms with van der Waals surface area (Å²) in [5.41, 5.74) is 1.61. The zero-order chi connectivity index (χ0) is 17.0. The van der Waals surface area contributed by atoms with E-state index in [9.17, 15) is 13.2 Å². The molecular formula is C17H18ClNO3S. The quantitative estimate of drug-likeness (QED) is 0.899. The minimum Gasteiger partial charge on any atom is -0.349 e. The van der Waals surface area contributed by atoms with Crippen molar-refractivity contribution in [1.82, 2.24) is 5.32 Å². The molecule has 1 unspecified atom stereocenters. The van der Waals surface area contributed by atoms with Crippen molar-refractivity contribution in [3.8, 4) is 0 Å². The Bertz CT molecular complexity index is 801. The molecule has 2 rings (SSSR count). The first-order valence-electron chi connectivity index (χ1n) is 7.10. The lowest BCUT2D eigenvalue weighted by molar-refractivity contribution is -0.121. The molecule has 122 valence electrons. The number of halogens is 1. The summed E-state index contributed by atoms with van der Waals surface area (Å²) in [6.07, 6.45) is 1.36. The third-order valence-corrected chi connectivity index (χ3v) is 4.99. The number of rotatable bonds is 5. The van der Waals surface area contributed by atoms with Crippen LogP contribution in [0.3, 0.4) is 0 Å². The van der Waals surface area contributed by atoms with Crippen molar-refractivity contribution >= 4 is 27.3 Å². The molecular weight excluding hydrogens is 334 g/mol. The molecule has 23 heavy (non-hydrogen) atoms. The molecule has 1 atom stereocenters. The van der Waals surface area contributed by atoms with E-state index in [0.29, 0.717) is 5.02 Å². The van der Waals surface area contributed by atoms with Crippen LogP contribution in [0.25, 0.3) is 0 Å². The van der Waals surface area contributed by atoms with Crippen LogP contribution < -0.4 is 5.32 Å². The van der Waals surface area contributed by atoms with Gasteiger partial charge in [0.05, 0.1) is 17.4 Å². The lowest BCUT2D eigenvalue weighted by Crippen LogP contribution is -2.28. The normalized spacial score (nSPS) is 12.7. The van der Waals surface area contributed by atoms with Crippen LogP contribution in [0, 0.1) is 0 Å². The van der Waals surface area contributed by atoms with Crippen LogP contribution in [0.15, 0.2) is 53.4 Å². The second-order valence-corrected chi connectivity index (χ2v) is 7.82. The lowest BCUT2D eigenvalue weighted by Gasteiger charge is -2.15. The molecule has 0 bridgehead atoms. The smallest absolute Gasteiger partial charge is 0.224 e. The average molecular weight is 352 g/mol. The Morgan fingerprint density at radius 2 is 1.74 bits per heavy atom. The van der Waals surface area contributed by atoms with Gasteiger partial charge in [-0.2, -0.15) is 0 Å². The Hall–Kier alpha value is -1.85. The van der Waals surface area contributed by atoms with Crippen LogP contribution in [0.4, 0.5) is 0 Å². The number of amides is 1. The van der Waals surface area contributed by atoms with Gasteiger partial charge in [0.15, 0.2) is 9.84 Å². The number of sulfone groups is 1. The first-order chi connectivity index (χ1) is 10.8. The Morgan fingerprint density at radius 1 is 1.13 bits per heavy atom. The van der Waals surface area contributed by atoms with E-state index in [0.717, 1.165) is 17.4 Å². The molecule has 1 amide bonds. The zero-order valence-corrected chi connectivity index (χ0v) is 14.5. The molecule has 0 radical (unpaired) electrons. The monoisotopic (exact) mass is 351 g/mol. The van der Waals surface area contributed by atoms with E-state index < -0.39 is 9.84 Å². The summed E-state index contributed by atoms with van der Waals surface area (Å²) in [5.74, 6) is -0.141. The van der Waals surface area contributed by atoms with Crippen molar-refractivity contribution in [3.63, 3.8) is 0 Å². The van der Waals surface area contributed by atoms with Crippen molar-refractivity contribution < 1.29 is 13.2 Å². The molecule has 6 heteroatoms. The molecule has 1 N–H and O–H groups in total. The van der Waals surface area contributed by atoms with Gasteiger partial charge in [0, 0.05) is 11.3 Å². The van der Waals surface area contributed by atoms with Crippen LogP contribution in [0.5, 0.6) is 0 Å². The fraction of sp³-hybridized carbons (Fsp3) is 0.235. The molecule has 0 aliphatic rings. The summed E-state index contributed by atoms with van der Waals surface area (Å²) in [6, 6.07) is 13.5. The van der Waals surface area contributed by atoms with Gasteiger partial charge in [-0.1, -0.05) is 41.9 Å². The molecule has 0 heterocycles. The lowest BCUT2D eigenvalue weighted by atomic mass is 10.1. The zero-order valence-electron chi connectivity index (χ0n) is 12.9. The predicted molar refractivity (Wildman–Crippen MR) is 91.3 cm³/mol. The second-order valence-electron chi connectivity index (χ2n) is 5.40. The maximum atomic E-state index is 12.1. The van der Waals surface area contributed by atoms with Crippen LogP contribution in [-0.2, 0) is 21.1 Å². The standard InChI is InChI=1S/C17H18ClNO3S/c1-12(13-7-9-15(10-8-13)23(2,21)22)19-17(20)11-14-5-3-4-6-16(14)18/h3-10,12H,11H2,1-2H3,(H,19,20). The van der Waals surface area contributed by atoms with Crippen LogP contribution >= 0.6 is 11.6 Å². The molecule has 0 saturated heterocycles. The van der Waals surface area contributed by atoms with Gasteiger partial charge in [-0.3, -0.25) is 4.79 Å². The van der Waals surface area contributed by atoms with E-state index >= 15 is 0 Å². The number of carbonyl (C=O) groups is 1. The maximum absolute atomic E-state index is 12.1. The first kappa shape index (κ1) is 17.5. The first-order valence-corrected chi connectivity index (χ1v) is 9.37. The predicted octanol–water partition coefficient (Wildman–Crippen LogP) is 3.16. The summed E-state index contributed by atoms with van der Waals surface area (Å²) in [6.45, 7) is 1.85. The molecule has 4 nitrogen and oxygen atoms in total. The van der Waals surface area contributed by atoms with Gasteiger partial charge < -0.3 is 5.32 Å². The number of nitrogens with one attached hydrogen (secondary N) is 1. The SMILES string of the molecule is CC(NC(=O)Cc1ccccc1Cl)c1ccc(S(C)(=O)=O)cc1. The number of hydrogen-bond donors (Lipinski definition) is 1. The van der Waals surface area contributed by atoms with Gasteiger partial charge >= 0.3 is 0 Å². The van der Waals surface area contributed by atoms with Crippen LogP contribution in [0.2, 0.25) is 5.02 Å². The molecule has 0 aliphatic carbocycles. The van der Waals surface area contributed by atoms with Gasteiger partial charge in [-0.25, -0.2) is 8.42 Å². The highest BCUT2D eigenvalue weighted by atomic mass is 35.5. The van der Waals surface area contributed by atoms with Crippen molar-refractivity contribution in [1.29, 1.82) is 0 Å². The molecule has 0 fully saturated rings. The van der Waals surface area contributed by atoms with E-state index in [2.05, 4.69) is 5.32 Å². The van der Waals surface area contributed by atoms with E-state index in [1.54, 1.807) is 30.3 Å². The molecule has 0 aliphatic heterocycles. The molecule has 0 spiro atoms. The van der Waals surface area contributed by atoms with Gasteiger partial charge in [0.25, 0.3) is 0 Å². The van der Waals surface area contributed by atoms with E-state index in [1.807, 2.05) is 25.1 Å². The third-order valence-electron chi connectivity index (χ3n) is 3.49. The summed E-state index contributed by atoms with van der Waals surface area (Å²) in [4.78, 5) is 12.4. The van der Waals surface area contributed by atoms with Gasteiger partial charge in [0.2, 0.25) is 5.91 Å². The van der Waals surface area contributed by atoms with Crippen molar-refractivity contribution in [2.45, 2.75) is 24.3 Å². The van der Waals surface area contributed by atoms with Crippen molar-refractivity contribution in [3.05, 3.63) is 64.7 Å². The fourth-order valence-corrected chi connectivity index (χ4v) is 3.03. The summed E-state index contributed by atoms with van der Waals surface area (Å²) >= 11 is 6.05. The maximum Gasteiger partial charge on any atom is 0.224 e. The molecule has 0 saturated carbocycles. The highest BCUT2D eigenvalue weighted by Gasteiger charge is 2.13. The minimum absolute atomic E-state index is 0.141. The topological polar surface area (TPSA) is 63.2 Å². The highest BCUT2D eigenvalue weighted by Crippen LogP contribution is 2.18. The summed E-state index contributed by atoms with van der Waals surface area (Å²) < 4.78 is 22.9. The summed E-state index contributed by atoms with van der Waals surface area (Å²) in [5, 5.41) is 3.45. The van der Waals surface area contributed by atoms with Gasteiger partial charge in [0.1, 0.15) is 0 Å². The highest BCUT2D eigenvalue weighted by molar-refractivity contribution is 7.90. The molecule has 0 aromatic heterocycles. The van der Waals surface area contributed by atoms with E-state index in [-0.39, 0.29) is 23.3 Å². The van der Waals surface area contributed by atoms with E-state index in [1.165, 1.54) is 0 Å². The minimum atomic E-state index is -3.22. The van der Waals surface area contributed by atoms with Crippen LogP contribution in [-0.4, -0.2) is 20.6 Å². The molecule has 2 aromatic carbocycles. The fourth-order valence-electron chi connectivity index (χ4n) is 2.19. The largest absolute Gasteiger partial charge is 0.349 e. The van der Waals surface area contributed by atoms with Gasteiger partial charge in [-0.05, 0) is 36.2 Å². The Morgan fingerprint density at radius 3 is 2.30 bits per heavy atom. The van der Waals surface area contributed by atoms with Crippen molar-refractivity contribution in [2.75, 3.05) is 6.26 Å². The van der Waals surface area contributed by atoms with E-state index in [4.69, 9.17) is 11.6 Å². The number of carbonyl (C=O) groups excluding carboxylic acids is 1. The van der Waals surface area contributed by atoms with Crippen molar-refractivity contribution in [2.24, 2.45) is 0 Å². The van der Waals surface area contributed by atoms with Gasteiger partial charge in [-0.15, -0.1) is 0 Å². The third kappa shape index (κ3) is 4.81. The number of hydrogen-bond acceptors (Lipinski definition) is 3. The summed E-state index contributed by atoms with van der Waals surface area (Å²) in [7, 11) is -3.22. The Kier molecular flexibility index (Phi) is 5.44. The molecule has 2 aromatic rings. The van der Waals surface area contributed by atoms with Crippen LogP contribution in [0.1, 0.15) is 24.1 Å². The average Bonchev–Trinajstić information content (AvgIpc) is 2.49.